The molecule has 18 heavy (non-hydrogen) atoms. The number of aromatic amines is 1. The number of hydrogen-bond acceptors (Lipinski definition) is 3. The van der Waals surface area contributed by atoms with Crippen LogP contribution in [0.3, 0.4) is 0 Å². The van der Waals surface area contributed by atoms with E-state index in [9.17, 15) is 14.7 Å². The summed E-state index contributed by atoms with van der Waals surface area (Å²) in [6.45, 7) is 1.72. The topological polar surface area (TPSA) is 75.1 Å². The molecule has 0 spiro atoms. The minimum absolute atomic E-state index is 0.162. The van der Waals surface area contributed by atoms with Gasteiger partial charge in [-0.25, -0.2) is 9.36 Å². The van der Waals surface area contributed by atoms with Crippen molar-refractivity contribution in [1.82, 2.24) is 9.55 Å². The third-order valence-corrected chi connectivity index (χ3v) is 2.83. The van der Waals surface area contributed by atoms with E-state index in [2.05, 4.69) is 4.98 Å². The van der Waals surface area contributed by atoms with Crippen LogP contribution in [0.15, 0.2) is 33.9 Å². The zero-order valence-corrected chi connectivity index (χ0v) is 10.4. The maximum atomic E-state index is 11.7. The number of H-pyrrole nitrogens is 1. The highest BCUT2D eigenvalue weighted by atomic mass is 35.5. The second-order valence-corrected chi connectivity index (χ2v) is 4.17. The number of benzene rings is 1. The van der Waals surface area contributed by atoms with Gasteiger partial charge < -0.3 is 5.11 Å². The number of rotatable bonds is 2. The minimum atomic E-state index is -0.697. The van der Waals surface area contributed by atoms with E-state index in [0.717, 1.165) is 4.57 Å². The van der Waals surface area contributed by atoms with Crippen LogP contribution in [-0.2, 0) is 6.42 Å². The molecule has 1 aromatic heterocycles. The molecule has 0 atom stereocenters. The molecular weight excluding hydrogens is 256 g/mol. The summed E-state index contributed by atoms with van der Waals surface area (Å²) in [7, 11) is 0. The summed E-state index contributed by atoms with van der Waals surface area (Å²) >= 11 is 5.84. The van der Waals surface area contributed by atoms with E-state index in [0.29, 0.717) is 17.1 Å². The first kappa shape index (κ1) is 12.4. The van der Waals surface area contributed by atoms with Gasteiger partial charge in [-0.15, -0.1) is 0 Å². The average molecular weight is 267 g/mol. The Hall–Kier alpha value is -2.01. The molecule has 0 amide bonds. The maximum absolute atomic E-state index is 11.7. The summed E-state index contributed by atoms with van der Waals surface area (Å²) in [6, 6.07) is 6.45. The summed E-state index contributed by atoms with van der Waals surface area (Å²) < 4.78 is 1.02. The summed E-state index contributed by atoms with van der Waals surface area (Å²) in [5, 5.41) is 10.4. The van der Waals surface area contributed by atoms with Crippen molar-refractivity contribution in [2.45, 2.75) is 13.3 Å². The minimum Gasteiger partial charge on any atom is -0.494 e. The fraction of sp³-hybridized carbons (Fsp3) is 0.167. The molecule has 0 aliphatic heterocycles. The molecule has 94 valence electrons. The SMILES string of the molecule is CCc1c(O)n(-c2cccc(Cl)c2)c(=O)[nH]c1=O. The molecule has 0 fully saturated rings. The van der Waals surface area contributed by atoms with Crippen LogP contribution < -0.4 is 11.2 Å². The van der Waals surface area contributed by atoms with E-state index in [4.69, 9.17) is 11.6 Å². The van der Waals surface area contributed by atoms with Gasteiger partial charge in [0.2, 0.25) is 5.88 Å². The van der Waals surface area contributed by atoms with Crippen molar-refractivity contribution < 1.29 is 5.11 Å². The van der Waals surface area contributed by atoms with Crippen molar-refractivity contribution in [1.29, 1.82) is 0 Å². The van der Waals surface area contributed by atoms with Crippen molar-refractivity contribution in [3.63, 3.8) is 0 Å². The van der Waals surface area contributed by atoms with E-state index in [1.807, 2.05) is 0 Å². The van der Waals surface area contributed by atoms with E-state index in [-0.39, 0.29) is 11.4 Å². The molecule has 1 aromatic carbocycles. The summed E-state index contributed by atoms with van der Waals surface area (Å²) in [5.41, 5.74) is -0.708. The zero-order valence-electron chi connectivity index (χ0n) is 9.61. The van der Waals surface area contributed by atoms with Crippen molar-refractivity contribution in [3.05, 3.63) is 55.7 Å². The monoisotopic (exact) mass is 266 g/mol. The molecule has 5 nitrogen and oxygen atoms in total. The van der Waals surface area contributed by atoms with Gasteiger partial charge in [-0.3, -0.25) is 9.78 Å². The number of aromatic nitrogens is 2. The number of nitrogens with zero attached hydrogens (tertiary/aromatic N) is 1. The predicted octanol–water partition coefficient (Wildman–Crippen LogP) is 1.45. The third-order valence-electron chi connectivity index (χ3n) is 2.60. The van der Waals surface area contributed by atoms with Crippen molar-refractivity contribution >= 4 is 11.6 Å². The Bertz CT molecular complexity index is 703. The van der Waals surface area contributed by atoms with Gasteiger partial charge in [0.25, 0.3) is 5.56 Å². The van der Waals surface area contributed by atoms with Crippen LogP contribution in [0.25, 0.3) is 5.69 Å². The lowest BCUT2D eigenvalue weighted by Crippen LogP contribution is -2.31. The average Bonchev–Trinajstić information content (AvgIpc) is 2.28. The third kappa shape index (κ3) is 2.04. The first-order valence-corrected chi connectivity index (χ1v) is 5.75. The molecule has 2 aromatic rings. The largest absolute Gasteiger partial charge is 0.494 e. The van der Waals surface area contributed by atoms with Crippen molar-refractivity contribution in [3.8, 4) is 11.6 Å². The van der Waals surface area contributed by atoms with Crippen molar-refractivity contribution in [2.75, 3.05) is 0 Å². The van der Waals surface area contributed by atoms with Gasteiger partial charge in [0.05, 0.1) is 11.3 Å². The number of aromatic hydroxyl groups is 1. The second kappa shape index (κ2) is 4.70. The molecule has 6 heteroatoms. The van der Waals surface area contributed by atoms with Gasteiger partial charge in [-0.2, -0.15) is 0 Å². The maximum Gasteiger partial charge on any atom is 0.335 e. The Labute approximate surface area is 107 Å². The van der Waals surface area contributed by atoms with Gasteiger partial charge in [0.15, 0.2) is 0 Å². The van der Waals surface area contributed by atoms with Gasteiger partial charge in [-0.05, 0) is 24.6 Å². The van der Waals surface area contributed by atoms with Crippen LogP contribution in [0.4, 0.5) is 0 Å². The summed E-state index contributed by atoms with van der Waals surface area (Å²) in [6.07, 6.45) is 0.321. The molecule has 0 aliphatic carbocycles. The Kier molecular flexibility index (Phi) is 3.25. The van der Waals surface area contributed by atoms with E-state index < -0.39 is 11.2 Å². The Morgan fingerprint density at radius 3 is 2.72 bits per heavy atom. The molecule has 0 saturated carbocycles. The lowest BCUT2D eigenvalue weighted by molar-refractivity contribution is 0.423. The molecule has 0 aliphatic rings. The number of nitrogens with one attached hydrogen (secondary N) is 1. The van der Waals surface area contributed by atoms with Gasteiger partial charge in [-0.1, -0.05) is 24.6 Å². The lowest BCUT2D eigenvalue weighted by Gasteiger charge is -2.10. The summed E-state index contributed by atoms with van der Waals surface area (Å²) in [5.74, 6) is -0.353. The smallest absolute Gasteiger partial charge is 0.335 e. The Balaban J connectivity index is 2.80. The van der Waals surface area contributed by atoms with Gasteiger partial charge in [0.1, 0.15) is 0 Å². The first-order chi connectivity index (χ1) is 8.54. The molecule has 2 N–H and O–H groups in total. The van der Waals surface area contributed by atoms with Crippen LogP contribution in [0.2, 0.25) is 5.02 Å². The quantitative estimate of drug-likeness (QED) is 0.864. The highest BCUT2D eigenvalue weighted by Gasteiger charge is 2.13. The lowest BCUT2D eigenvalue weighted by atomic mass is 10.2. The molecule has 0 unspecified atom stereocenters. The molecule has 2 rings (SSSR count). The highest BCUT2D eigenvalue weighted by molar-refractivity contribution is 6.30. The molecule has 0 saturated heterocycles. The summed E-state index contributed by atoms with van der Waals surface area (Å²) in [4.78, 5) is 25.4. The fourth-order valence-corrected chi connectivity index (χ4v) is 1.92. The first-order valence-electron chi connectivity index (χ1n) is 5.37. The van der Waals surface area contributed by atoms with Crippen molar-refractivity contribution in [2.24, 2.45) is 0 Å². The predicted molar refractivity (Wildman–Crippen MR) is 68.7 cm³/mol. The van der Waals surface area contributed by atoms with Crippen LogP contribution >= 0.6 is 11.6 Å². The standard InChI is InChI=1S/C12H11ClN2O3/c1-2-9-10(16)14-12(18)15(11(9)17)8-5-3-4-7(13)6-8/h3-6,17H,2H2,1H3,(H,14,16,18). The molecular formula is C12H11ClN2O3. The molecule has 0 radical (unpaired) electrons. The van der Waals surface area contributed by atoms with Crippen LogP contribution in [0.5, 0.6) is 5.88 Å². The van der Waals surface area contributed by atoms with E-state index >= 15 is 0 Å². The van der Waals surface area contributed by atoms with Crippen LogP contribution in [0, 0.1) is 0 Å². The van der Waals surface area contributed by atoms with Crippen LogP contribution in [-0.4, -0.2) is 14.7 Å². The Morgan fingerprint density at radius 1 is 1.39 bits per heavy atom. The highest BCUT2D eigenvalue weighted by Crippen LogP contribution is 2.19. The number of halogens is 1. The second-order valence-electron chi connectivity index (χ2n) is 3.73. The normalized spacial score (nSPS) is 10.6. The zero-order chi connectivity index (χ0) is 13.3. The Morgan fingerprint density at radius 2 is 2.11 bits per heavy atom. The number of hydrogen-bond donors (Lipinski definition) is 2. The van der Waals surface area contributed by atoms with E-state index in [1.165, 1.54) is 6.07 Å². The van der Waals surface area contributed by atoms with Crippen LogP contribution in [0.1, 0.15) is 12.5 Å². The molecule has 0 bridgehead atoms. The van der Waals surface area contributed by atoms with Gasteiger partial charge >= 0.3 is 5.69 Å². The molecule has 1 heterocycles. The van der Waals surface area contributed by atoms with E-state index in [1.54, 1.807) is 25.1 Å². The van der Waals surface area contributed by atoms with Gasteiger partial charge in [0, 0.05) is 5.02 Å². The fourth-order valence-electron chi connectivity index (χ4n) is 1.73.